The van der Waals surface area contributed by atoms with Crippen molar-refractivity contribution >= 4 is 38.5 Å². The second-order valence-electron chi connectivity index (χ2n) is 14.1. The van der Waals surface area contributed by atoms with Gasteiger partial charge < -0.3 is 9.84 Å². The summed E-state index contributed by atoms with van der Waals surface area (Å²) in [7, 11) is -3.73. The van der Waals surface area contributed by atoms with Crippen molar-refractivity contribution in [2.24, 2.45) is 10.4 Å². The third kappa shape index (κ3) is 6.40. The summed E-state index contributed by atoms with van der Waals surface area (Å²) in [6, 6.07) is 12.3. The van der Waals surface area contributed by atoms with E-state index in [0.29, 0.717) is 25.2 Å². The maximum absolute atomic E-state index is 13.3. The molecule has 0 saturated carbocycles. The van der Waals surface area contributed by atoms with Gasteiger partial charge in [0.1, 0.15) is 15.7 Å². The highest BCUT2D eigenvalue weighted by atomic mass is 32.2. The first-order valence-electron chi connectivity index (χ1n) is 15.8. The van der Waals surface area contributed by atoms with E-state index in [1.165, 1.54) is 33.6 Å². The Kier molecular flexibility index (Phi) is 8.11. The highest BCUT2D eigenvalue weighted by molar-refractivity contribution is 7.91. The summed E-state index contributed by atoms with van der Waals surface area (Å²) < 4.78 is 36.2. The zero-order chi connectivity index (χ0) is 32.3. The van der Waals surface area contributed by atoms with Gasteiger partial charge in [-0.05, 0) is 110 Å². The van der Waals surface area contributed by atoms with Crippen LogP contribution in [0.1, 0.15) is 107 Å². The van der Waals surface area contributed by atoms with E-state index in [9.17, 15) is 13.2 Å². The van der Waals surface area contributed by atoms with Gasteiger partial charge >= 0.3 is 5.97 Å². The van der Waals surface area contributed by atoms with Gasteiger partial charge in [-0.25, -0.2) is 13.1 Å². The number of benzene rings is 2. The van der Waals surface area contributed by atoms with Crippen LogP contribution in [0.25, 0.3) is 11.1 Å². The van der Waals surface area contributed by atoms with E-state index in [4.69, 9.17) is 14.8 Å². The van der Waals surface area contributed by atoms with E-state index >= 15 is 0 Å². The van der Waals surface area contributed by atoms with Gasteiger partial charge in [-0.2, -0.15) is 0 Å². The van der Waals surface area contributed by atoms with Crippen molar-refractivity contribution < 1.29 is 23.1 Å². The van der Waals surface area contributed by atoms with Crippen LogP contribution in [-0.4, -0.2) is 31.6 Å². The van der Waals surface area contributed by atoms with E-state index in [1.54, 1.807) is 6.07 Å². The molecular formula is C36H42N2O5S2. The molecule has 2 N–H and O–H groups in total. The molecule has 2 aromatic carbocycles. The third-order valence-corrected chi connectivity index (χ3v) is 12.0. The van der Waals surface area contributed by atoms with Crippen molar-refractivity contribution in [1.82, 2.24) is 4.72 Å². The van der Waals surface area contributed by atoms with Crippen LogP contribution in [0, 0.1) is 5.41 Å². The maximum Gasteiger partial charge on any atom is 0.303 e. The molecule has 9 heteroatoms. The molecule has 0 radical (unpaired) electrons. The first kappa shape index (κ1) is 31.7. The predicted molar refractivity (Wildman–Crippen MR) is 179 cm³/mol. The largest absolute Gasteiger partial charge is 0.481 e. The summed E-state index contributed by atoms with van der Waals surface area (Å²) >= 11 is 1.26. The molecule has 6 rings (SSSR count). The van der Waals surface area contributed by atoms with E-state index in [-0.39, 0.29) is 28.1 Å². The molecule has 3 aromatic rings. The summed E-state index contributed by atoms with van der Waals surface area (Å²) in [6.07, 6.45) is 6.05. The van der Waals surface area contributed by atoms with Crippen molar-refractivity contribution in [3.63, 3.8) is 0 Å². The van der Waals surface area contributed by atoms with E-state index in [1.807, 2.05) is 6.07 Å². The van der Waals surface area contributed by atoms with Gasteiger partial charge in [0.05, 0.1) is 10.9 Å². The first-order valence-corrected chi connectivity index (χ1v) is 18.1. The van der Waals surface area contributed by atoms with Crippen molar-refractivity contribution in [3.05, 3.63) is 80.2 Å². The average Bonchev–Trinajstić information content (AvgIpc) is 3.42. The number of nitrogens with one attached hydrogen (secondary N) is 1. The molecule has 3 aliphatic rings. The number of rotatable bonds is 9. The molecule has 0 amide bonds. The lowest BCUT2D eigenvalue weighted by atomic mass is 9.75. The average molecular weight is 647 g/mol. The van der Waals surface area contributed by atoms with Crippen molar-refractivity contribution in [2.45, 2.75) is 95.7 Å². The molecule has 0 fully saturated rings. The first-order chi connectivity index (χ1) is 21.1. The lowest BCUT2D eigenvalue weighted by Gasteiger charge is -2.32. The number of carboxylic acids is 1. The zero-order valence-electron chi connectivity index (χ0n) is 26.9. The van der Waals surface area contributed by atoms with Gasteiger partial charge in [0.25, 0.3) is 0 Å². The molecule has 1 aromatic heterocycles. The fourth-order valence-corrected chi connectivity index (χ4v) is 9.69. The Morgan fingerprint density at radius 1 is 1.07 bits per heavy atom. The fourth-order valence-electron chi connectivity index (χ4n) is 7.19. The van der Waals surface area contributed by atoms with Gasteiger partial charge in [0.15, 0.2) is 0 Å². The van der Waals surface area contributed by atoms with E-state index in [2.05, 4.69) is 76.6 Å². The Morgan fingerprint density at radius 2 is 1.84 bits per heavy atom. The Hall–Kier alpha value is -3.27. The number of ether oxygens (including phenoxy) is 1. The molecule has 1 unspecified atom stereocenters. The molecule has 1 atom stereocenters. The van der Waals surface area contributed by atoms with Gasteiger partial charge in [0, 0.05) is 40.3 Å². The summed E-state index contributed by atoms with van der Waals surface area (Å²) in [4.78, 5) is 16.7. The molecule has 0 bridgehead atoms. The van der Waals surface area contributed by atoms with Crippen LogP contribution in [0.5, 0.6) is 11.5 Å². The molecule has 0 saturated heterocycles. The van der Waals surface area contributed by atoms with Crippen LogP contribution in [-0.2, 0) is 21.2 Å². The van der Waals surface area contributed by atoms with Crippen molar-refractivity contribution in [3.8, 4) is 11.5 Å². The van der Waals surface area contributed by atoms with Gasteiger partial charge in [-0.3, -0.25) is 9.79 Å². The number of allylic oxidation sites excluding steroid dienone is 2. The van der Waals surface area contributed by atoms with Crippen LogP contribution >= 0.6 is 11.3 Å². The number of carboxylic acid groups (broad SMARTS) is 1. The normalized spacial score (nSPS) is 19.3. The SMILES string of the molecule is CC1=CC(C)(C)Cc2cc3c(cc21)C(c1ccc(S(=O)(=O)NCCCCCC(=O)O)s1)=c1cc2c(cc1O3)=NC(C)(C)CC2C. The van der Waals surface area contributed by atoms with Crippen molar-refractivity contribution in [1.29, 1.82) is 0 Å². The molecular weight excluding hydrogens is 605 g/mol. The second-order valence-corrected chi connectivity index (χ2v) is 17.2. The number of aliphatic carboxylic acids is 1. The Bertz CT molecular complexity index is 1970. The third-order valence-electron chi connectivity index (χ3n) is 8.98. The Morgan fingerprint density at radius 3 is 2.60 bits per heavy atom. The van der Waals surface area contributed by atoms with Crippen LogP contribution in [0.4, 0.5) is 0 Å². The lowest BCUT2D eigenvalue weighted by Crippen LogP contribution is -2.34. The number of nitrogens with zero attached hydrogens (tertiary/aromatic N) is 1. The van der Waals surface area contributed by atoms with Crippen molar-refractivity contribution in [2.75, 3.05) is 6.54 Å². The van der Waals surface area contributed by atoms with E-state index < -0.39 is 16.0 Å². The summed E-state index contributed by atoms with van der Waals surface area (Å²) in [5.74, 6) is 1.00. The standard InChI is InChI=1S/C36H42N2O5S2/c1-21-18-35(3,4)20-23-14-29-26(15-24(21)23)34(27-16-25-22(2)19-36(5,6)38-28(25)17-30(27)43-29)31-11-12-33(44-31)45(41,42)37-13-9-7-8-10-32(39)40/h11-12,14-18,22,37H,7-10,13,19-20H2,1-6H3,(H,39,40). The number of thiophene rings is 1. The highest BCUT2D eigenvalue weighted by Gasteiger charge is 2.32. The van der Waals surface area contributed by atoms with Crippen LogP contribution < -0.4 is 20.0 Å². The monoisotopic (exact) mass is 646 g/mol. The Labute approximate surface area is 269 Å². The summed E-state index contributed by atoms with van der Waals surface area (Å²) in [6.45, 7) is 13.5. The zero-order valence-corrected chi connectivity index (χ0v) is 28.5. The fraction of sp³-hybridized carbons (Fsp3) is 0.444. The second kappa shape index (κ2) is 11.5. The van der Waals surface area contributed by atoms with Crippen LogP contribution in [0.15, 0.2) is 51.7 Å². The molecule has 0 spiro atoms. The van der Waals surface area contributed by atoms with E-state index in [0.717, 1.165) is 50.9 Å². The number of unbranched alkanes of at least 4 members (excludes halogenated alkanes) is 2. The highest BCUT2D eigenvalue weighted by Crippen LogP contribution is 2.45. The Balaban J connectivity index is 1.46. The topological polar surface area (TPSA) is 105 Å². The molecule has 1 aliphatic carbocycles. The minimum Gasteiger partial charge on any atom is -0.481 e. The molecule has 238 valence electrons. The maximum atomic E-state index is 13.3. The molecule has 3 heterocycles. The minimum atomic E-state index is -3.73. The number of sulfonamides is 1. The number of hydrogen-bond donors (Lipinski definition) is 2. The lowest BCUT2D eigenvalue weighted by molar-refractivity contribution is -0.137. The summed E-state index contributed by atoms with van der Waals surface area (Å²) in [5, 5.41) is 10.8. The number of hydrogen-bond acceptors (Lipinski definition) is 6. The minimum absolute atomic E-state index is 0.0460. The number of carbonyl (C=O) groups is 1. The van der Waals surface area contributed by atoms with Gasteiger partial charge in [0.2, 0.25) is 10.0 Å². The predicted octanol–water partition coefficient (Wildman–Crippen LogP) is 6.92. The summed E-state index contributed by atoms with van der Waals surface area (Å²) in [5.41, 5.74) is 6.70. The molecule has 45 heavy (non-hydrogen) atoms. The van der Waals surface area contributed by atoms with Crippen LogP contribution in [0.2, 0.25) is 0 Å². The molecule has 7 nitrogen and oxygen atoms in total. The smallest absolute Gasteiger partial charge is 0.303 e. The van der Waals surface area contributed by atoms with Gasteiger partial charge in [-0.1, -0.05) is 33.3 Å². The van der Waals surface area contributed by atoms with Gasteiger partial charge in [-0.15, -0.1) is 11.3 Å². The number of fused-ring (bicyclic) bond motifs is 4. The van der Waals surface area contributed by atoms with Crippen LogP contribution in [0.3, 0.4) is 0 Å². The quantitative estimate of drug-likeness (QED) is 0.192. The molecule has 2 aliphatic heterocycles.